The van der Waals surface area contributed by atoms with Gasteiger partial charge < -0.3 is 23.4 Å². The molecule has 0 aromatic rings. The van der Waals surface area contributed by atoms with Crippen molar-refractivity contribution in [3.8, 4) is 0 Å². The first-order valence-electron chi connectivity index (χ1n) is 10.6. The Morgan fingerprint density at radius 2 is 1.81 bits per heavy atom. The number of hydrogen-bond acceptors (Lipinski definition) is 5. The van der Waals surface area contributed by atoms with E-state index >= 15 is 0 Å². The quantitative estimate of drug-likeness (QED) is 0.641. The SMILES string of the molecule is CCO[Si](C)(C)C1(C2(C3CCCCO3)CCCCO2)CCCC(OC)O1. The van der Waals surface area contributed by atoms with Gasteiger partial charge in [-0.3, -0.25) is 0 Å². The Labute approximate surface area is 160 Å². The normalized spacial score (nSPS) is 39.7. The Balaban J connectivity index is 2.06. The van der Waals surface area contributed by atoms with Crippen LogP contribution < -0.4 is 0 Å². The summed E-state index contributed by atoms with van der Waals surface area (Å²) >= 11 is 0. The molecule has 0 radical (unpaired) electrons. The second-order valence-electron chi connectivity index (χ2n) is 8.50. The molecule has 3 rings (SSSR count). The topological polar surface area (TPSA) is 46.2 Å². The van der Waals surface area contributed by atoms with Crippen LogP contribution in [0.5, 0.6) is 0 Å². The zero-order valence-corrected chi connectivity index (χ0v) is 18.2. The fraction of sp³-hybridized carbons (Fsp3) is 1.00. The lowest BCUT2D eigenvalue weighted by Crippen LogP contribution is -2.77. The molecule has 4 unspecified atom stereocenters. The van der Waals surface area contributed by atoms with Crippen molar-refractivity contribution < 1.29 is 23.4 Å². The van der Waals surface area contributed by atoms with Crippen LogP contribution in [0.4, 0.5) is 0 Å². The van der Waals surface area contributed by atoms with Crippen LogP contribution in [0.1, 0.15) is 64.7 Å². The first kappa shape index (κ1) is 20.7. The molecule has 0 aromatic heterocycles. The van der Waals surface area contributed by atoms with E-state index in [1.165, 1.54) is 12.8 Å². The summed E-state index contributed by atoms with van der Waals surface area (Å²) in [6, 6.07) is 0. The number of methoxy groups -OCH3 is 1. The standard InChI is InChI=1S/C20H38O5Si/c1-5-24-26(3,4)20(14-10-12-18(21-2)25-20)19(13-7-9-16-23-19)17-11-6-8-15-22-17/h17-18H,5-16H2,1-4H3. The van der Waals surface area contributed by atoms with Crippen LogP contribution in [0.2, 0.25) is 13.1 Å². The second kappa shape index (κ2) is 8.58. The molecule has 152 valence electrons. The summed E-state index contributed by atoms with van der Waals surface area (Å²) in [5.74, 6) is 0. The molecule has 26 heavy (non-hydrogen) atoms. The van der Waals surface area contributed by atoms with E-state index in [0.717, 1.165) is 58.2 Å². The van der Waals surface area contributed by atoms with Crippen molar-refractivity contribution in [3.63, 3.8) is 0 Å². The van der Waals surface area contributed by atoms with E-state index in [2.05, 4.69) is 20.0 Å². The van der Waals surface area contributed by atoms with Crippen molar-refractivity contribution in [1.82, 2.24) is 0 Å². The number of ether oxygens (including phenoxy) is 4. The lowest BCUT2D eigenvalue weighted by atomic mass is 9.77. The molecule has 0 saturated carbocycles. The zero-order valence-electron chi connectivity index (χ0n) is 17.2. The van der Waals surface area contributed by atoms with Crippen LogP contribution in [-0.2, 0) is 23.4 Å². The Morgan fingerprint density at radius 1 is 1.00 bits per heavy atom. The van der Waals surface area contributed by atoms with Crippen LogP contribution in [0.15, 0.2) is 0 Å². The first-order valence-corrected chi connectivity index (χ1v) is 13.5. The highest BCUT2D eigenvalue weighted by Gasteiger charge is 2.68. The lowest BCUT2D eigenvalue weighted by molar-refractivity contribution is -0.305. The molecule has 3 saturated heterocycles. The minimum absolute atomic E-state index is 0.0967. The summed E-state index contributed by atoms with van der Waals surface area (Å²) in [6.45, 7) is 9.03. The maximum atomic E-state index is 6.85. The Hall–Kier alpha value is 0.0169. The van der Waals surface area contributed by atoms with Gasteiger partial charge >= 0.3 is 0 Å². The van der Waals surface area contributed by atoms with Gasteiger partial charge in [-0.1, -0.05) is 0 Å². The molecular weight excluding hydrogens is 348 g/mol. The molecule has 6 heteroatoms. The summed E-state index contributed by atoms with van der Waals surface area (Å²) < 4.78 is 32.1. The minimum atomic E-state index is -2.26. The highest BCUT2D eigenvalue weighted by molar-refractivity contribution is 6.74. The molecule has 5 nitrogen and oxygen atoms in total. The van der Waals surface area contributed by atoms with Crippen LogP contribution in [-0.4, -0.2) is 58.5 Å². The van der Waals surface area contributed by atoms with Gasteiger partial charge in [0, 0.05) is 26.9 Å². The monoisotopic (exact) mass is 386 g/mol. The van der Waals surface area contributed by atoms with E-state index < -0.39 is 19.1 Å². The van der Waals surface area contributed by atoms with Gasteiger partial charge in [0.1, 0.15) is 10.8 Å². The smallest absolute Gasteiger partial charge is 0.222 e. The van der Waals surface area contributed by atoms with Crippen molar-refractivity contribution in [1.29, 1.82) is 0 Å². The third-order valence-corrected chi connectivity index (χ3v) is 10.5. The third kappa shape index (κ3) is 3.53. The van der Waals surface area contributed by atoms with Gasteiger partial charge in [-0.15, -0.1) is 0 Å². The molecule has 0 N–H and O–H groups in total. The Kier molecular flexibility index (Phi) is 6.84. The fourth-order valence-electron chi connectivity index (χ4n) is 5.52. The highest BCUT2D eigenvalue weighted by Crippen LogP contribution is 2.53. The molecule has 0 spiro atoms. The largest absolute Gasteiger partial charge is 0.415 e. The molecule has 0 aromatic carbocycles. The van der Waals surface area contributed by atoms with Gasteiger partial charge in [0.15, 0.2) is 6.29 Å². The van der Waals surface area contributed by atoms with E-state index in [1.54, 1.807) is 7.11 Å². The average Bonchev–Trinajstić information content (AvgIpc) is 2.69. The Morgan fingerprint density at radius 3 is 2.42 bits per heavy atom. The second-order valence-corrected chi connectivity index (χ2v) is 12.6. The van der Waals surface area contributed by atoms with Crippen LogP contribution >= 0.6 is 0 Å². The van der Waals surface area contributed by atoms with E-state index in [-0.39, 0.29) is 12.4 Å². The number of rotatable bonds is 6. The molecule has 4 atom stereocenters. The average molecular weight is 387 g/mol. The molecule has 3 aliphatic rings. The third-order valence-electron chi connectivity index (χ3n) is 6.73. The molecule has 0 aliphatic carbocycles. The fourth-order valence-corrected chi connectivity index (χ4v) is 9.05. The zero-order chi connectivity index (χ0) is 18.7. The molecule has 0 amide bonds. The molecular formula is C20H38O5Si. The van der Waals surface area contributed by atoms with Gasteiger partial charge in [0.05, 0.1) is 6.10 Å². The summed E-state index contributed by atoms with van der Waals surface area (Å²) in [7, 11) is -0.510. The summed E-state index contributed by atoms with van der Waals surface area (Å²) in [5.41, 5.74) is -0.409. The van der Waals surface area contributed by atoms with E-state index in [1.807, 2.05) is 0 Å². The molecule has 0 bridgehead atoms. The van der Waals surface area contributed by atoms with Crippen LogP contribution in [0, 0.1) is 0 Å². The van der Waals surface area contributed by atoms with Crippen molar-refractivity contribution in [2.24, 2.45) is 0 Å². The summed E-state index contributed by atoms with van der Waals surface area (Å²) in [5, 5.41) is -0.433. The van der Waals surface area contributed by atoms with Gasteiger partial charge in [0.2, 0.25) is 8.32 Å². The van der Waals surface area contributed by atoms with E-state index in [9.17, 15) is 0 Å². The van der Waals surface area contributed by atoms with E-state index in [0.29, 0.717) is 6.61 Å². The van der Waals surface area contributed by atoms with Gasteiger partial charge in [-0.25, -0.2) is 0 Å². The first-order chi connectivity index (χ1) is 12.5. The molecule has 3 fully saturated rings. The van der Waals surface area contributed by atoms with Crippen molar-refractivity contribution >= 4 is 8.32 Å². The van der Waals surface area contributed by atoms with Crippen molar-refractivity contribution in [3.05, 3.63) is 0 Å². The highest BCUT2D eigenvalue weighted by atomic mass is 28.4. The number of hydrogen-bond donors (Lipinski definition) is 0. The maximum Gasteiger partial charge on any atom is 0.222 e. The minimum Gasteiger partial charge on any atom is -0.415 e. The maximum absolute atomic E-state index is 6.85. The van der Waals surface area contributed by atoms with Crippen molar-refractivity contribution in [2.45, 2.75) is 101 Å². The lowest BCUT2D eigenvalue weighted by Gasteiger charge is -2.61. The van der Waals surface area contributed by atoms with E-state index in [4.69, 9.17) is 23.4 Å². The van der Waals surface area contributed by atoms with Gasteiger partial charge in [-0.2, -0.15) is 0 Å². The summed E-state index contributed by atoms with van der Waals surface area (Å²) in [6.07, 6.45) is 9.61. The Bertz CT molecular complexity index is 445. The van der Waals surface area contributed by atoms with Gasteiger partial charge in [-0.05, 0) is 77.8 Å². The van der Waals surface area contributed by atoms with Crippen LogP contribution in [0.25, 0.3) is 0 Å². The predicted octanol–water partition coefficient (Wildman–Crippen LogP) is 4.19. The molecule has 3 heterocycles. The summed E-state index contributed by atoms with van der Waals surface area (Å²) in [4.78, 5) is 0. The predicted molar refractivity (Wildman–Crippen MR) is 104 cm³/mol. The van der Waals surface area contributed by atoms with Crippen LogP contribution in [0.3, 0.4) is 0 Å². The molecule has 3 aliphatic heterocycles. The van der Waals surface area contributed by atoms with Gasteiger partial charge in [0.25, 0.3) is 0 Å². The van der Waals surface area contributed by atoms with Crippen molar-refractivity contribution in [2.75, 3.05) is 26.9 Å².